The molecule has 0 bridgehead atoms. The van der Waals surface area contributed by atoms with Crippen LogP contribution in [0, 0.1) is 5.82 Å². The van der Waals surface area contributed by atoms with E-state index in [9.17, 15) is 22.8 Å². The van der Waals surface area contributed by atoms with E-state index in [1.807, 2.05) is 6.92 Å². The number of carboxylic acids is 1. The Kier molecular flexibility index (Phi) is 6.05. The number of piperidine rings is 1. The van der Waals surface area contributed by atoms with E-state index in [4.69, 9.17) is 5.11 Å². The molecule has 1 aromatic rings. The lowest BCUT2D eigenvalue weighted by molar-refractivity contribution is -0.161. The summed E-state index contributed by atoms with van der Waals surface area (Å²) >= 11 is 0. The predicted octanol–water partition coefficient (Wildman–Crippen LogP) is 2.32. The molecule has 2 rings (SSSR count). The summed E-state index contributed by atoms with van der Waals surface area (Å²) in [6, 6.07) is 3.56. The molecule has 5 nitrogen and oxygen atoms in total. The van der Waals surface area contributed by atoms with Gasteiger partial charge in [0.25, 0.3) is 5.91 Å². The van der Waals surface area contributed by atoms with Gasteiger partial charge < -0.3 is 10.0 Å². The molecule has 1 aliphatic rings. The Morgan fingerprint density at radius 3 is 2.28 bits per heavy atom. The van der Waals surface area contributed by atoms with Crippen molar-refractivity contribution < 1.29 is 27.9 Å². The first kappa shape index (κ1) is 19.2. The number of nitrogens with zero attached hydrogens (tertiary/aromatic N) is 2. The molecule has 0 saturated carbocycles. The lowest BCUT2D eigenvalue weighted by Crippen LogP contribution is -2.51. The van der Waals surface area contributed by atoms with Crippen molar-refractivity contribution in [2.75, 3.05) is 26.2 Å². The van der Waals surface area contributed by atoms with Crippen molar-refractivity contribution >= 4 is 11.9 Å². The third-order valence-electron chi connectivity index (χ3n) is 4.49. The minimum absolute atomic E-state index is 0.0513. The number of carbonyl (C=O) groups excluding carboxylic acids is 1. The van der Waals surface area contributed by atoms with Gasteiger partial charge in [-0.3, -0.25) is 14.5 Å². The third kappa shape index (κ3) is 4.50. The number of alkyl halides is 2. The Bertz CT molecular complexity index is 614. The summed E-state index contributed by atoms with van der Waals surface area (Å²) in [6.07, 6.45) is 0.874. The van der Waals surface area contributed by atoms with Gasteiger partial charge in [-0.1, -0.05) is 6.92 Å². The summed E-state index contributed by atoms with van der Waals surface area (Å²) in [6.45, 7) is 2.54. The highest BCUT2D eigenvalue weighted by Gasteiger charge is 2.44. The summed E-state index contributed by atoms with van der Waals surface area (Å²) in [4.78, 5) is 25.9. The highest BCUT2D eigenvalue weighted by molar-refractivity contribution is 5.85. The van der Waals surface area contributed by atoms with Crippen molar-refractivity contribution in [3.63, 3.8) is 0 Å². The van der Waals surface area contributed by atoms with Crippen LogP contribution in [0.25, 0.3) is 0 Å². The van der Waals surface area contributed by atoms with Crippen LogP contribution in [-0.2, 0) is 15.5 Å². The van der Waals surface area contributed by atoms with Crippen LogP contribution in [0.3, 0.4) is 0 Å². The summed E-state index contributed by atoms with van der Waals surface area (Å²) in [5.41, 5.74) is -0.540. The molecule has 1 saturated heterocycles. The molecule has 1 aliphatic heterocycles. The zero-order valence-electron chi connectivity index (χ0n) is 13.9. The van der Waals surface area contributed by atoms with Crippen LogP contribution in [-0.4, -0.2) is 59.0 Å². The van der Waals surface area contributed by atoms with Crippen molar-refractivity contribution in [2.45, 2.75) is 31.7 Å². The highest BCUT2D eigenvalue weighted by Crippen LogP contribution is 2.32. The lowest BCUT2D eigenvalue weighted by atomic mass is 10.0. The van der Waals surface area contributed by atoms with Gasteiger partial charge in [-0.05, 0) is 43.7 Å². The molecule has 1 amide bonds. The largest absolute Gasteiger partial charge is 0.480 e. The second-order valence-electron chi connectivity index (χ2n) is 6.06. The number of hydrogen-bond donors (Lipinski definition) is 1. The number of likely N-dealkylation sites (tertiary alicyclic amines) is 1. The van der Waals surface area contributed by atoms with Gasteiger partial charge in [0, 0.05) is 24.7 Å². The predicted molar refractivity (Wildman–Crippen MR) is 84.8 cm³/mol. The first-order valence-corrected chi connectivity index (χ1v) is 8.14. The van der Waals surface area contributed by atoms with Crippen LogP contribution >= 0.6 is 0 Å². The average Bonchev–Trinajstić information content (AvgIpc) is 2.59. The van der Waals surface area contributed by atoms with E-state index in [0.717, 1.165) is 29.2 Å². The number of rotatable bonds is 6. The molecule has 0 atom stereocenters. The highest BCUT2D eigenvalue weighted by atomic mass is 19.3. The quantitative estimate of drug-likeness (QED) is 0.848. The fourth-order valence-electron chi connectivity index (χ4n) is 3.09. The molecule has 25 heavy (non-hydrogen) atoms. The summed E-state index contributed by atoms with van der Waals surface area (Å²) < 4.78 is 41.6. The number of carboxylic acid groups (broad SMARTS) is 1. The van der Waals surface area contributed by atoms with Crippen LogP contribution in [0.4, 0.5) is 13.2 Å². The minimum Gasteiger partial charge on any atom is -0.480 e. The molecule has 138 valence electrons. The van der Waals surface area contributed by atoms with Crippen LogP contribution in [0.1, 0.15) is 25.3 Å². The maximum atomic E-state index is 14.4. The first-order chi connectivity index (χ1) is 11.8. The second kappa shape index (κ2) is 7.86. The van der Waals surface area contributed by atoms with E-state index < -0.39 is 29.2 Å². The molecule has 1 N–H and O–H groups in total. The van der Waals surface area contributed by atoms with Crippen molar-refractivity contribution in [1.29, 1.82) is 0 Å². The molecule has 0 unspecified atom stereocenters. The number of hydrogen-bond acceptors (Lipinski definition) is 3. The number of carbonyl (C=O) groups is 2. The van der Waals surface area contributed by atoms with Gasteiger partial charge in [-0.2, -0.15) is 8.78 Å². The summed E-state index contributed by atoms with van der Waals surface area (Å²) in [7, 11) is 0. The number of amides is 1. The molecular weight excluding hydrogens is 337 g/mol. The Morgan fingerprint density at radius 1 is 1.24 bits per heavy atom. The molecule has 1 heterocycles. The van der Waals surface area contributed by atoms with Gasteiger partial charge in [-0.15, -0.1) is 0 Å². The molecule has 0 spiro atoms. The van der Waals surface area contributed by atoms with Gasteiger partial charge in [0.2, 0.25) is 0 Å². The number of benzene rings is 1. The van der Waals surface area contributed by atoms with Crippen LogP contribution in [0.5, 0.6) is 0 Å². The van der Waals surface area contributed by atoms with E-state index >= 15 is 0 Å². The van der Waals surface area contributed by atoms with E-state index in [-0.39, 0.29) is 25.7 Å². The van der Waals surface area contributed by atoms with Crippen molar-refractivity contribution in [2.24, 2.45) is 0 Å². The Balaban J connectivity index is 2.00. The normalized spacial score (nSPS) is 16.3. The molecular formula is C17H21F3N2O3. The first-order valence-electron chi connectivity index (χ1n) is 8.14. The monoisotopic (exact) mass is 358 g/mol. The number of likely N-dealkylation sites (N-methyl/N-ethyl adjacent to an activating group) is 1. The van der Waals surface area contributed by atoms with Crippen LogP contribution < -0.4 is 0 Å². The topological polar surface area (TPSA) is 60.9 Å². The number of halogens is 3. The SMILES string of the molecule is CCN(CC(=O)O)C1CCN(C(=O)C(F)(F)c2ccc(F)cc2)CC1. The van der Waals surface area contributed by atoms with E-state index in [2.05, 4.69) is 0 Å². The fraction of sp³-hybridized carbons (Fsp3) is 0.529. The van der Waals surface area contributed by atoms with Gasteiger partial charge in [0.1, 0.15) is 5.82 Å². The standard InChI is InChI=1S/C17H21F3N2O3/c1-2-21(11-15(23)24)14-7-9-22(10-8-14)16(25)17(19,20)12-3-5-13(18)6-4-12/h3-6,14H,2,7-11H2,1H3,(H,23,24). The molecule has 0 aliphatic carbocycles. The zero-order chi connectivity index (χ0) is 18.6. The molecule has 1 aromatic carbocycles. The van der Waals surface area contributed by atoms with Gasteiger partial charge in [0.15, 0.2) is 0 Å². The second-order valence-corrected chi connectivity index (χ2v) is 6.06. The molecule has 1 fully saturated rings. The minimum atomic E-state index is -3.72. The Hall–Kier alpha value is -2.09. The fourth-order valence-corrected chi connectivity index (χ4v) is 3.09. The lowest BCUT2D eigenvalue weighted by Gasteiger charge is -2.38. The maximum absolute atomic E-state index is 14.4. The van der Waals surface area contributed by atoms with E-state index in [1.165, 1.54) is 0 Å². The summed E-state index contributed by atoms with van der Waals surface area (Å²) in [5.74, 6) is -6.61. The third-order valence-corrected chi connectivity index (χ3v) is 4.49. The van der Waals surface area contributed by atoms with Gasteiger partial charge in [0.05, 0.1) is 6.54 Å². The molecule has 8 heteroatoms. The van der Waals surface area contributed by atoms with Crippen LogP contribution in [0.15, 0.2) is 24.3 Å². The number of aliphatic carboxylic acids is 1. The van der Waals surface area contributed by atoms with Crippen molar-refractivity contribution in [1.82, 2.24) is 9.80 Å². The molecule has 0 aromatic heterocycles. The Labute approximate surface area is 144 Å². The maximum Gasteiger partial charge on any atom is 0.349 e. The molecule has 0 radical (unpaired) electrons. The smallest absolute Gasteiger partial charge is 0.349 e. The average molecular weight is 358 g/mol. The van der Waals surface area contributed by atoms with Crippen LogP contribution in [0.2, 0.25) is 0 Å². The zero-order valence-corrected chi connectivity index (χ0v) is 13.9. The van der Waals surface area contributed by atoms with E-state index in [0.29, 0.717) is 19.4 Å². The summed E-state index contributed by atoms with van der Waals surface area (Å²) in [5, 5.41) is 8.91. The van der Waals surface area contributed by atoms with Crippen molar-refractivity contribution in [3.05, 3.63) is 35.6 Å². The Morgan fingerprint density at radius 2 is 1.80 bits per heavy atom. The van der Waals surface area contributed by atoms with E-state index in [1.54, 1.807) is 4.90 Å². The van der Waals surface area contributed by atoms with Crippen molar-refractivity contribution in [3.8, 4) is 0 Å². The van der Waals surface area contributed by atoms with Gasteiger partial charge >= 0.3 is 11.9 Å². The van der Waals surface area contributed by atoms with Gasteiger partial charge in [-0.25, -0.2) is 4.39 Å².